The Morgan fingerprint density at radius 1 is 1.35 bits per heavy atom. The number of amides is 2. The Balaban J connectivity index is 1.94. The lowest BCUT2D eigenvalue weighted by Crippen LogP contribution is -2.47. The smallest absolute Gasteiger partial charge is 0.320 e. The number of aryl methyl sites for hydroxylation is 1. The summed E-state index contributed by atoms with van der Waals surface area (Å²) in [4.78, 5) is 22.5. The number of carbonyl (C=O) groups excluding carboxylic acids is 1. The summed E-state index contributed by atoms with van der Waals surface area (Å²) in [5.74, 6) is 0.587. The zero-order chi connectivity index (χ0) is 14.4. The molecule has 20 heavy (non-hydrogen) atoms. The van der Waals surface area contributed by atoms with Crippen LogP contribution in [0.5, 0.6) is 0 Å². The first kappa shape index (κ1) is 14.6. The van der Waals surface area contributed by atoms with Crippen molar-refractivity contribution in [1.29, 1.82) is 0 Å². The highest BCUT2D eigenvalue weighted by atomic mass is 16.2. The van der Waals surface area contributed by atoms with E-state index in [9.17, 15) is 4.79 Å². The Kier molecular flexibility index (Phi) is 5.15. The molecule has 1 aliphatic rings. The molecule has 2 N–H and O–H groups in total. The number of anilines is 1. The average molecular weight is 277 g/mol. The summed E-state index contributed by atoms with van der Waals surface area (Å²) in [5, 5.41) is 0. The number of hydrogen-bond acceptors (Lipinski definition) is 4. The van der Waals surface area contributed by atoms with Crippen molar-refractivity contribution in [2.45, 2.75) is 52.0 Å². The highest BCUT2D eigenvalue weighted by molar-refractivity contribution is 5.76. The van der Waals surface area contributed by atoms with E-state index < -0.39 is 0 Å². The fourth-order valence-electron chi connectivity index (χ4n) is 2.58. The Labute approximate surface area is 120 Å². The van der Waals surface area contributed by atoms with Crippen LogP contribution in [0, 0.1) is 6.92 Å². The number of rotatable bonds is 3. The van der Waals surface area contributed by atoms with Crippen LogP contribution >= 0.6 is 0 Å². The highest BCUT2D eigenvalue weighted by Gasteiger charge is 2.23. The van der Waals surface area contributed by atoms with Crippen molar-refractivity contribution in [3.63, 3.8) is 0 Å². The summed E-state index contributed by atoms with van der Waals surface area (Å²) in [6.07, 6.45) is 8.81. The topological polar surface area (TPSA) is 70.2 Å². The van der Waals surface area contributed by atoms with Crippen molar-refractivity contribution < 1.29 is 4.79 Å². The van der Waals surface area contributed by atoms with E-state index in [1.807, 2.05) is 11.8 Å². The van der Waals surface area contributed by atoms with Crippen LogP contribution in [-0.2, 0) is 0 Å². The second-order valence-electron chi connectivity index (χ2n) is 5.15. The SMILES string of the molecule is CCC1CCCCCN1C(=O)NNc1nccnc1C. The van der Waals surface area contributed by atoms with Gasteiger partial charge >= 0.3 is 6.03 Å². The lowest BCUT2D eigenvalue weighted by molar-refractivity contribution is 0.175. The third-order valence-electron chi connectivity index (χ3n) is 3.78. The van der Waals surface area contributed by atoms with E-state index in [2.05, 4.69) is 27.7 Å². The maximum Gasteiger partial charge on any atom is 0.336 e. The third-order valence-corrected chi connectivity index (χ3v) is 3.78. The number of hydrogen-bond donors (Lipinski definition) is 2. The van der Waals surface area contributed by atoms with Crippen molar-refractivity contribution in [2.75, 3.05) is 12.0 Å². The fraction of sp³-hybridized carbons (Fsp3) is 0.643. The van der Waals surface area contributed by atoms with Crippen LogP contribution in [0.15, 0.2) is 12.4 Å². The standard InChI is InChI=1S/C14H23N5O/c1-3-12-7-5-4-6-10-19(12)14(20)18-17-13-11(2)15-8-9-16-13/h8-9,12H,3-7,10H2,1-2H3,(H,16,17)(H,18,20). The van der Waals surface area contributed by atoms with Crippen molar-refractivity contribution in [3.05, 3.63) is 18.1 Å². The zero-order valence-corrected chi connectivity index (χ0v) is 12.2. The molecule has 0 spiro atoms. The molecule has 0 aromatic carbocycles. The summed E-state index contributed by atoms with van der Waals surface area (Å²) in [5.41, 5.74) is 6.36. The molecular weight excluding hydrogens is 254 g/mol. The van der Waals surface area contributed by atoms with Gasteiger partial charge in [0.2, 0.25) is 0 Å². The quantitative estimate of drug-likeness (QED) is 0.833. The number of nitrogens with one attached hydrogen (secondary N) is 2. The largest absolute Gasteiger partial charge is 0.336 e. The van der Waals surface area contributed by atoms with Gasteiger partial charge in [-0.3, -0.25) is 15.8 Å². The minimum atomic E-state index is -0.0798. The fourth-order valence-corrected chi connectivity index (χ4v) is 2.58. The van der Waals surface area contributed by atoms with Gasteiger partial charge in [-0.1, -0.05) is 19.8 Å². The second-order valence-corrected chi connectivity index (χ2v) is 5.15. The number of aromatic nitrogens is 2. The summed E-state index contributed by atoms with van der Waals surface area (Å²) in [6, 6.07) is 0.256. The van der Waals surface area contributed by atoms with Crippen LogP contribution in [-0.4, -0.2) is 33.5 Å². The number of hydrazine groups is 1. The molecule has 6 heteroatoms. The van der Waals surface area contributed by atoms with Crippen LogP contribution in [0.3, 0.4) is 0 Å². The van der Waals surface area contributed by atoms with Crippen LogP contribution in [0.1, 0.15) is 44.7 Å². The van der Waals surface area contributed by atoms with E-state index in [1.165, 1.54) is 12.8 Å². The van der Waals surface area contributed by atoms with Crippen molar-refractivity contribution in [2.24, 2.45) is 0 Å². The maximum atomic E-state index is 12.3. The molecule has 6 nitrogen and oxygen atoms in total. The van der Waals surface area contributed by atoms with Crippen LogP contribution in [0.25, 0.3) is 0 Å². The van der Waals surface area contributed by atoms with Gasteiger partial charge in [-0.2, -0.15) is 0 Å². The van der Waals surface area contributed by atoms with Gasteiger partial charge in [-0.15, -0.1) is 0 Å². The monoisotopic (exact) mass is 277 g/mol. The molecule has 2 rings (SSSR count). The minimum absolute atomic E-state index is 0.0798. The molecular formula is C14H23N5O. The summed E-state index contributed by atoms with van der Waals surface area (Å²) in [6.45, 7) is 4.81. The lowest BCUT2D eigenvalue weighted by Gasteiger charge is -2.29. The van der Waals surface area contributed by atoms with Crippen LogP contribution in [0.2, 0.25) is 0 Å². The molecule has 0 aliphatic carbocycles. The third kappa shape index (κ3) is 3.59. The summed E-state index contributed by atoms with van der Waals surface area (Å²) in [7, 11) is 0. The number of nitrogens with zero attached hydrogens (tertiary/aromatic N) is 3. The van der Waals surface area contributed by atoms with E-state index in [4.69, 9.17) is 0 Å². The molecule has 1 aromatic rings. The van der Waals surface area contributed by atoms with Crippen LogP contribution < -0.4 is 10.9 Å². The molecule has 0 radical (unpaired) electrons. The Morgan fingerprint density at radius 2 is 2.15 bits per heavy atom. The Morgan fingerprint density at radius 3 is 2.90 bits per heavy atom. The van der Waals surface area contributed by atoms with Crippen LogP contribution in [0.4, 0.5) is 10.6 Å². The Hall–Kier alpha value is -1.85. The lowest BCUT2D eigenvalue weighted by atomic mass is 10.1. The van der Waals surface area contributed by atoms with E-state index in [-0.39, 0.29) is 6.03 Å². The van der Waals surface area contributed by atoms with E-state index in [1.54, 1.807) is 12.4 Å². The van der Waals surface area contributed by atoms with Crippen molar-refractivity contribution in [1.82, 2.24) is 20.3 Å². The predicted molar refractivity (Wildman–Crippen MR) is 78.2 cm³/mol. The zero-order valence-electron chi connectivity index (χ0n) is 12.2. The first-order valence-corrected chi connectivity index (χ1v) is 7.32. The van der Waals surface area contributed by atoms with Gasteiger partial charge in [0.05, 0.1) is 5.69 Å². The average Bonchev–Trinajstić information content (AvgIpc) is 2.71. The molecule has 1 atom stereocenters. The van der Waals surface area contributed by atoms with E-state index in [0.717, 1.165) is 31.5 Å². The summed E-state index contributed by atoms with van der Waals surface area (Å²) < 4.78 is 0. The number of carbonyl (C=O) groups is 1. The number of urea groups is 1. The van der Waals surface area contributed by atoms with Crippen molar-refractivity contribution >= 4 is 11.8 Å². The molecule has 2 heterocycles. The Bertz CT molecular complexity index is 451. The predicted octanol–water partition coefficient (Wildman–Crippen LogP) is 2.48. The molecule has 2 amide bonds. The number of likely N-dealkylation sites (tertiary alicyclic amines) is 1. The van der Waals surface area contributed by atoms with Gasteiger partial charge in [0.1, 0.15) is 0 Å². The molecule has 1 aromatic heterocycles. The molecule has 1 fully saturated rings. The molecule has 1 aliphatic heterocycles. The maximum absolute atomic E-state index is 12.3. The summed E-state index contributed by atoms with van der Waals surface area (Å²) >= 11 is 0. The second kappa shape index (κ2) is 7.07. The molecule has 0 saturated carbocycles. The highest BCUT2D eigenvalue weighted by Crippen LogP contribution is 2.19. The van der Waals surface area contributed by atoms with Gasteiger partial charge in [-0.25, -0.2) is 9.78 Å². The molecule has 1 unspecified atom stereocenters. The normalized spacial score (nSPS) is 19.3. The van der Waals surface area contributed by atoms with Gasteiger partial charge in [-0.05, 0) is 26.2 Å². The van der Waals surface area contributed by atoms with E-state index in [0.29, 0.717) is 11.9 Å². The first-order valence-electron chi connectivity index (χ1n) is 7.32. The molecule has 0 bridgehead atoms. The molecule has 1 saturated heterocycles. The molecule has 110 valence electrons. The van der Waals surface area contributed by atoms with Crippen molar-refractivity contribution in [3.8, 4) is 0 Å². The van der Waals surface area contributed by atoms with Gasteiger partial charge < -0.3 is 4.90 Å². The first-order chi connectivity index (χ1) is 9.72. The minimum Gasteiger partial charge on any atom is -0.320 e. The van der Waals surface area contributed by atoms with Gasteiger partial charge in [0, 0.05) is 25.0 Å². The van der Waals surface area contributed by atoms with E-state index >= 15 is 0 Å². The van der Waals surface area contributed by atoms with Gasteiger partial charge in [0.25, 0.3) is 0 Å². The van der Waals surface area contributed by atoms with Gasteiger partial charge in [0.15, 0.2) is 5.82 Å².